The van der Waals surface area contributed by atoms with Gasteiger partial charge in [-0.05, 0) is 37.4 Å². The molecule has 1 aromatic carbocycles. The van der Waals surface area contributed by atoms with Crippen molar-refractivity contribution >= 4 is 27.8 Å². The Hall–Kier alpha value is -3.06. The van der Waals surface area contributed by atoms with E-state index in [9.17, 15) is 0 Å². The standard InChI is InChI=1S/C19H19N7/c1-24-7-9-25(10-8-24)19-16-11-15(4-5-17(16)21-13-22-19)26-18-14(12-23-26)3-2-6-20-18/h2-6,11-13H,7-10H2,1H3. The zero-order valence-corrected chi connectivity index (χ0v) is 14.6. The van der Waals surface area contributed by atoms with E-state index in [1.807, 2.05) is 35.1 Å². The molecule has 0 amide bonds. The number of nitrogens with zero attached hydrogens (tertiary/aromatic N) is 7. The number of hydrogen-bond donors (Lipinski definition) is 0. The van der Waals surface area contributed by atoms with E-state index in [0.29, 0.717) is 0 Å². The van der Waals surface area contributed by atoms with Gasteiger partial charge in [-0.3, -0.25) is 0 Å². The molecule has 1 saturated heterocycles. The molecule has 5 rings (SSSR count). The molecule has 0 atom stereocenters. The number of piperazine rings is 1. The van der Waals surface area contributed by atoms with Gasteiger partial charge in [0.05, 0.1) is 17.4 Å². The molecule has 0 spiro atoms. The summed E-state index contributed by atoms with van der Waals surface area (Å²) in [7, 11) is 2.16. The Bertz CT molecular complexity index is 1080. The maximum Gasteiger partial charge on any atom is 0.162 e. The van der Waals surface area contributed by atoms with Gasteiger partial charge in [0.2, 0.25) is 0 Å². The number of rotatable bonds is 2. The summed E-state index contributed by atoms with van der Waals surface area (Å²) in [6, 6.07) is 10.1. The van der Waals surface area contributed by atoms with E-state index >= 15 is 0 Å². The van der Waals surface area contributed by atoms with Crippen LogP contribution >= 0.6 is 0 Å². The van der Waals surface area contributed by atoms with Crippen molar-refractivity contribution in [3.05, 3.63) is 49.1 Å². The number of benzene rings is 1. The molecule has 1 aliphatic rings. The first-order valence-corrected chi connectivity index (χ1v) is 8.77. The van der Waals surface area contributed by atoms with Crippen LogP contribution in [0, 0.1) is 0 Å². The molecule has 1 aliphatic heterocycles. The second-order valence-electron chi connectivity index (χ2n) is 6.66. The minimum absolute atomic E-state index is 0.852. The predicted octanol–water partition coefficient (Wildman–Crippen LogP) is 2.12. The molecule has 1 fully saturated rings. The highest BCUT2D eigenvalue weighted by Gasteiger charge is 2.18. The van der Waals surface area contributed by atoms with Gasteiger partial charge in [0.1, 0.15) is 12.1 Å². The van der Waals surface area contributed by atoms with Crippen LogP contribution in [0.1, 0.15) is 0 Å². The van der Waals surface area contributed by atoms with Gasteiger partial charge < -0.3 is 9.80 Å². The van der Waals surface area contributed by atoms with Gasteiger partial charge in [0.25, 0.3) is 0 Å². The maximum atomic E-state index is 4.59. The van der Waals surface area contributed by atoms with E-state index in [-0.39, 0.29) is 0 Å². The summed E-state index contributed by atoms with van der Waals surface area (Å²) in [6.45, 7) is 4.02. The molecule has 0 unspecified atom stereocenters. The number of aromatic nitrogens is 5. The van der Waals surface area contributed by atoms with Crippen molar-refractivity contribution in [3.63, 3.8) is 0 Å². The van der Waals surface area contributed by atoms with Crippen LogP contribution in [0.4, 0.5) is 5.82 Å². The first-order chi connectivity index (χ1) is 12.8. The zero-order chi connectivity index (χ0) is 17.5. The van der Waals surface area contributed by atoms with Crippen LogP contribution in [0.2, 0.25) is 0 Å². The van der Waals surface area contributed by atoms with Gasteiger partial charge in [0, 0.05) is 43.1 Å². The molecule has 130 valence electrons. The van der Waals surface area contributed by atoms with Crippen LogP contribution < -0.4 is 4.90 Å². The smallest absolute Gasteiger partial charge is 0.162 e. The largest absolute Gasteiger partial charge is 0.353 e. The van der Waals surface area contributed by atoms with E-state index in [2.05, 4.69) is 43.0 Å². The molecule has 7 nitrogen and oxygen atoms in total. The molecular formula is C19H19N7. The van der Waals surface area contributed by atoms with Crippen molar-refractivity contribution in [2.75, 3.05) is 38.1 Å². The van der Waals surface area contributed by atoms with Crippen molar-refractivity contribution in [2.45, 2.75) is 0 Å². The molecule has 4 aromatic rings. The van der Waals surface area contributed by atoms with Crippen LogP contribution in [0.5, 0.6) is 0 Å². The zero-order valence-electron chi connectivity index (χ0n) is 14.6. The van der Waals surface area contributed by atoms with Gasteiger partial charge in [-0.2, -0.15) is 5.10 Å². The second-order valence-corrected chi connectivity index (χ2v) is 6.66. The van der Waals surface area contributed by atoms with Gasteiger partial charge in [0.15, 0.2) is 5.65 Å². The van der Waals surface area contributed by atoms with Crippen molar-refractivity contribution in [2.24, 2.45) is 0 Å². The molecule has 0 radical (unpaired) electrons. The topological polar surface area (TPSA) is 63.0 Å². The molecule has 0 bridgehead atoms. The third-order valence-corrected chi connectivity index (χ3v) is 4.98. The summed E-state index contributed by atoms with van der Waals surface area (Å²) in [6.07, 6.45) is 5.29. The van der Waals surface area contributed by atoms with Crippen molar-refractivity contribution in [1.29, 1.82) is 0 Å². The highest BCUT2D eigenvalue weighted by Crippen LogP contribution is 2.27. The number of fused-ring (bicyclic) bond motifs is 2. The van der Waals surface area contributed by atoms with Crippen LogP contribution in [0.15, 0.2) is 49.1 Å². The Balaban J connectivity index is 1.64. The highest BCUT2D eigenvalue weighted by molar-refractivity contribution is 5.91. The summed E-state index contributed by atoms with van der Waals surface area (Å²) >= 11 is 0. The molecular weight excluding hydrogens is 326 g/mol. The van der Waals surface area contributed by atoms with E-state index in [1.165, 1.54) is 0 Å². The minimum Gasteiger partial charge on any atom is -0.353 e. The SMILES string of the molecule is CN1CCN(c2ncnc3ccc(-n4ncc5cccnc54)cc23)CC1. The number of likely N-dealkylation sites (N-methyl/N-ethyl adjacent to an activating group) is 1. The van der Waals surface area contributed by atoms with Crippen LogP contribution in [-0.2, 0) is 0 Å². The first-order valence-electron chi connectivity index (χ1n) is 8.77. The second kappa shape index (κ2) is 6.03. The highest BCUT2D eigenvalue weighted by atomic mass is 15.3. The lowest BCUT2D eigenvalue weighted by molar-refractivity contribution is 0.312. The Labute approximate surface area is 150 Å². The Morgan fingerprint density at radius 2 is 1.85 bits per heavy atom. The lowest BCUT2D eigenvalue weighted by Gasteiger charge is -2.33. The monoisotopic (exact) mass is 345 g/mol. The Morgan fingerprint density at radius 3 is 2.73 bits per heavy atom. The summed E-state index contributed by atoms with van der Waals surface area (Å²) < 4.78 is 1.87. The van der Waals surface area contributed by atoms with Gasteiger partial charge in [-0.15, -0.1) is 0 Å². The molecule has 4 heterocycles. The van der Waals surface area contributed by atoms with Crippen molar-refractivity contribution in [3.8, 4) is 5.69 Å². The van der Waals surface area contributed by atoms with Gasteiger partial charge in [-0.25, -0.2) is 19.6 Å². The normalized spacial score (nSPS) is 15.8. The molecule has 7 heteroatoms. The van der Waals surface area contributed by atoms with E-state index in [0.717, 1.165) is 59.6 Å². The quantitative estimate of drug-likeness (QED) is 0.554. The molecule has 0 N–H and O–H groups in total. The Kier molecular flexibility index (Phi) is 3.53. The summed E-state index contributed by atoms with van der Waals surface area (Å²) in [4.78, 5) is 18.2. The average Bonchev–Trinajstić information content (AvgIpc) is 3.12. The fraction of sp³-hybridized carbons (Fsp3) is 0.263. The maximum absolute atomic E-state index is 4.59. The molecule has 26 heavy (non-hydrogen) atoms. The average molecular weight is 345 g/mol. The number of hydrogen-bond acceptors (Lipinski definition) is 6. The lowest BCUT2D eigenvalue weighted by atomic mass is 10.2. The third kappa shape index (κ3) is 2.48. The fourth-order valence-corrected chi connectivity index (χ4v) is 3.48. The fourth-order valence-electron chi connectivity index (χ4n) is 3.48. The molecule has 0 saturated carbocycles. The van der Waals surface area contributed by atoms with Crippen LogP contribution in [0.3, 0.4) is 0 Å². The van der Waals surface area contributed by atoms with E-state index in [1.54, 1.807) is 12.5 Å². The minimum atomic E-state index is 0.852. The molecule has 3 aromatic heterocycles. The third-order valence-electron chi connectivity index (χ3n) is 4.98. The van der Waals surface area contributed by atoms with Crippen molar-refractivity contribution in [1.82, 2.24) is 29.6 Å². The summed E-state index contributed by atoms with van der Waals surface area (Å²) in [5.74, 6) is 0.995. The van der Waals surface area contributed by atoms with Crippen LogP contribution in [-0.4, -0.2) is 62.9 Å². The molecule has 0 aliphatic carbocycles. The lowest BCUT2D eigenvalue weighted by Crippen LogP contribution is -2.44. The predicted molar refractivity (Wildman–Crippen MR) is 102 cm³/mol. The van der Waals surface area contributed by atoms with Crippen molar-refractivity contribution < 1.29 is 0 Å². The van der Waals surface area contributed by atoms with E-state index < -0.39 is 0 Å². The number of pyridine rings is 1. The summed E-state index contributed by atoms with van der Waals surface area (Å²) in [5, 5.41) is 6.59. The van der Waals surface area contributed by atoms with E-state index in [4.69, 9.17) is 0 Å². The number of anilines is 1. The first kappa shape index (κ1) is 15.2. The van der Waals surface area contributed by atoms with Gasteiger partial charge >= 0.3 is 0 Å². The summed E-state index contributed by atoms with van der Waals surface area (Å²) in [5.41, 5.74) is 2.77. The van der Waals surface area contributed by atoms with Gasteiger partial charge in [-0.1, -0.05) is 0 Å². The van der Waals surface area contributed by atoms with Crippen LogP contribution in [0.25, 0.3) is 27.6 Å². The Morgan fingerprint density at radius 1 is 0.962 bits per heavy atom.